The van der Waals surface area contributed by atoms with Crippen LogP contribution in [-0.2, 0) is 13.0 Å². The van der Waals surface area contributed by atoms with Gasteiger partial charge >= 0.3 is 0 Å². The van der Waals surface area contributed by atoms with Gasteiger partial charge in [-0.3, -0.25) is 0 Å². The average molecular weight is 258 g/mol. The summed E-state index contributed by atoms with van der Waals surface area (Å²) in [5, 5.41) is 7.75. The van der Waals surface area contributed by atoms with E-state index in [-0.39, 0.29) is 5.54 Å². The molecule has 0 unspecified atom stereocenters. The minimum atomic E-state index is 0.113. The first-order chi connectivity index (χ1) is 8.98. The van der Waals surface area contributed by atoms with Crippen LogP contribution in [0.1, 0.15) is 39.0 Å². The molecule has 2 rings (SSSR count). The van der Waals surface area contributed by atoms with Gasteiger partial charge in [-0.05, 0) is 51.0 Å². The van der Waals surface area contributed by atoms with Crippen molar-refractivity contribution in [2.24, 2.45) is 0 Å². The Labute approximate surface area is 114 Å². The maximum atomic E-state index is 4.61. The van der Waals surface area contributed by atoms with E-state index in [1.165, 1.54) is 5.56 Å². The number of hydrogen-bond acceptors (Lipinski definition) is 3. The molecule has 0 bridgehead atoms. The summed E-state index contributed by atoms with van der Waals surface area (Å²) in [4.78, 5) is 4.61. The molecule has 2 aromatic rings. The predicted molar refractivity (Wildman–Crippen MR) is 77.3 cm³/mol. The average Bonchev–Trinajstić information content (AvgIpc) is 2.89. The van der Waals surface area contributed by atoms with E-state index in [9.17, 15) is 0 Å². The van der Waals surface area contributed by atoms with E-state index in [0.29, 0.717) is 0 Å². The van der Waals surface area contributed by atoms with E-state index >= 15 is 0 Å². The second-order valence-electron chi connectivity index (χ2n) is 5.73. The number of aryl methyl sites for hydroxylation is 1. The molecular formula is C15H22N4. The highest BCUT2D eigenvalue weighted by atomic mass is 15.3. The highest BCUT2D eigenvalue weighted by molar-refractivity contribution is 5.30. The lowest BCUT2D eigenvalue weighted by Gasteiger charge is -2.21. The van der Waals surface area contributed by atoms with Crippen molar-refractivity contribution in [1.82, 2.24) is 20.1 Å². The SMILES string of the molecule is CCc1cc(CNC(C)(C)C)cc(-n2cccn2)n1. The number of hydrogen-bond donors (Lipinski definition) is 1. The van der Waals surface area contributed by atoms with Gasteiger partial charge in [0, 0.05) is 30.2 Å². The quantitative estimate of drug-likeness (QED) is 0.917. The molecule has 0 saturated carbocycles. The van der Waals surface area contributed by atoms with Crippen LogP contribution in [0.5, 0.6) is 0 Å². The first kappa shape index (κ1) is 13.7. The molecule has 2 aromatic heterocycles. The first-order valence-corrected chi connectivity index (χ1v) is 6.73. The molecule has 0 aliphatic rings. The summed E-state index contributed by atoms with van der Waals surface area (Å²) in [6.07, 6.45) is 4.62. The Balaban J connectivity index is 2.26. The summed E-state index contributed by atoms with van der Waals surface area (Å²) < 4.78 is 1.81. The molecule has 0 saturated heterocycles. The third kappa shape index (κ3) is 3.89. The fourth-order valence-electron chi connectivity index (χ4n) is 1.81. The zero-order valence-corrected chi connectivity index (χ0v) is 12.1. The maximum Gasteiger partial charge on any atom is 0.153 e. The van der Waals surface area contributed by atoms with Crippen LogP contribution in [0, 0.1) is 0 Å². The maximum absolute atomic E-state index is 4.61. The van der Waals surface area contributed by atoms with Crippen LogP contribution in [0.4, 0.5) is 0 Å². The molecule has 0 radical (unpaired) electrons. The van der Waals surface area contributed by atoms with Gasteiger partial charge in [0.05, 0.1) is 0 Å². The standard InChI is InChI=1S/C15H22N4/c1-5-13-9-12(11-16-15(2,3)4)10-14(18-13)19-8-6-7-17-19/h6-10,16H,5,11H2,1-4H3. The van der Waals surface area contributed by atoms with E-state index < -0.39 is 0 Å². The molecule has 0 spiro atoms. The topological polar surface area (TPSA) is 42.7 Å². The Bertz CT molecular complexity index is 524. The second-order valence-corrected chi connectivity index (χ2v) is 5.73. The number of rotatable bonds is 4. The van der Waals surface area contributed by atoms with E-state index in [1.807, 2.05) is 12.3 Å². The Morgan fingerprint density at radius 2 is 2.05 bits per heavy atom. The fourth-order valence-corrected chi connectivity index (χ4v) is 1.81. The van der Waals surface area contributed by atoms with Crippen molar-refractivity contribution in [3.63, 3.8) is 0 Å². The van der Waals surface area contributed by atoms with Crippen LogP contribution in [0.15, 0.2) is 30.6 Å². The van der Waals surface area contributed by atoms with E-state index in [0.717, 1.165) is 24.5 Å². The zero-order valence-electron chi connectivity index (χ0n) is 12.1. The van der Waals surface area contributed by atoms with Crippen molar-refractivity contribution in [2.45, 2.75) is 46.2 Å². The summed E-state index contributed by atoms with van der Waals surface area (Å²) in [5.41, 5.74) is 2.45. The molecule has 0 fully saturated rings. The van der Waals surface area contributed by atoms with Gasteiger partial charge in [0.1, 0.15) is 0 Å². The van der Waals surface area contributed by atoms with Crippen molar-refractivity contribution in [3.8, 4) is 5.82 Å². The minimum Gasteiger partial charge on any atom is -0.308 e. The lowest BCUT2D eigenvalue weighted by Crippen LogP contribution is -2.35. The summed E-state index contributed by atoms with van der Waals surface area (Å²) in [6, 6.07) is 6.16. The monoisotopic (exact) mass is 258 g/mol. The lowest BCUT2D eigenvalue weighted by molar-refractivity contribution is 0.424. The summed E-state index contributed by atoms with van der Waals surface area (Å²) in [7, 11) is 0. The molecule has 0 aliphatic heterocycles. The van der Waals surface area contributed by atoms with Crippen molar-refractivity contribution in [3.05, 3.63) is 41.9 Å². The fraction of sp³-hybridized carbons (Fsp3) is 0.467. The van der Waals surface area contributed by atoms with Gasteiger partial charge in [-0.2, -0.15) is 5.10 Å². The Morgan fingerprint density at radius 1 is 1.26 bits per heavy atom. The summed E-state index contributed by atoms with van der Waals surface area (Å²) in [6.45, 7) is 9.47. The smallest absolute Gasteiger partial charge is 0.153 e. The Morgan fingerprint density at radius 3 is 2.63 bits per heavy atom. The first-order valence-electron chi connectivity index (χ1n) is 6.73. The van der Waals surface area contributed by atoms with Crippen LogP contribution in [-0.4, -0.2) is 20.3 Å². The molecular weight excluding hydrogens is 236 g/mol. The molecule has 102 valence electrons. The van der Waals surface area contributed by atoms with Crippen LogP contribution < -0.4 is 5.32 Å². The normalized spacial score (nSPS) is 11.8. The van der Waals surface area contributed by atoms with Gasteiger partial charge in [0.15, 0.2) is 5.82 Å². The summed E-state index contributed by atoms with van der Waals surface area (Å²) >= 11 is 0. The highest BCUT2D eigenvalue weighted by Gasteiger charge is 2.10. The molecule has 4 nitrogen and oxygen atoms in total. The molecule has 0 atom stereocenters. The predicted octanol–water partition coefficient (Wildman–Crippen LogP) is 2.72. The van der Waals surface area contributed by atoms with Gasteiger partial charge in [-0.15, -0.1) is 0 Å². The highest BCUT2D eigenvalue weighted by Crippen LogP contribution is 2.12. The van der Waals surface area contributed by atoms with Crippen LogP contribution in [0.2, 0.25) is 0 Å². The van der Waals surface area contributed by atoms with Gasteiger partial charge < -0.3 is 5.32 Å². The summed E-state index contributed by atoms with van der Waals surface area (Å²) in [5.74, 6) is 0.884. The molecule has 19 heavy (non-hydrogen) atoms. The van der Waals surface area contributed by atoms with Gasteiger partial charge in [0.25, 0.3) is 0 Å². The molecule has 0 aromatic carbocycles. The minimum absolute atomic E-state index is 0.113. The number of pyridine rings is 1. The van der Waals surface area contributed by atoms with Gasteiger partial charge in [-0.25, -0.2) is 9.67 Å². The Hall–Kier alpha value is -1.68. The van der Waals surface area contributed by atoms with Crippen molar-refractivity contribution in [2.75, 3.05) is 0 Å². The van der Waals surface area contributed by atoms with Crippen molar-refractivity contribution in [1.29, 1.82) is 0 Å². The molecule has 4 heteroatoms. The molecule has 1 N–H and O–H groups in total. The number of nitrogens with one attached hydrogen (secondary N) is 1. The van der Waals surface area contributed by atoms with Crippen LogP contribution in [0.25, 0.3) is 5.82 Å². The third-order valence-electron chi connectivity index (χ3n) is 2.85. The Kier molecular flexibility index (Phi) is 4.00. The van der Waals surface area contributed by atoms with Crippen molar-refractivity contribution >= 4 is 0 Å². The second kappa shape index (κ2) is 5.53. The van der Waals surface area contributed by atoms with Crippen LogP contribution in [0.3, 0.4) is 0 Å². The number of nitrogens with zero attached hydrogens (tertiary/aromatic N) is 3. The van der Waals surface area contributed by atoms with Gasteiger partial charge in [0.2, 0.25) is 0 Å². The van der Waals surface area contributed by atoms with Crippen molar-refractivity contribution < 1.29 is 0 Å². The number of aromatic nitrogens is 3. The lowest BCUT2D eigenvalue weighted by atomic mass is 10.1. The third-order valence-corrected chi connectivity index (χ3v) is 2.85. The van der Waals surface area contributed by atoms with E-state index in [2.05, 4.69) is 55.2 Å². The molecule has 2 heterocycles. The molecule has 0 amide bonds. The van der Waals surface area contributed by atoms with E-state index in [1.54, 1.807) is 10.9 Å². The van der Waals surface area contributed by atoms with Gasteiger partial charge in [-0.1, -0.05) is 6.92 Å². The van der Waals surface area contributed by atoms with Crippen LogP contribution >= 0.6 is 0 Å². The largest absolute Gasteiger partial charge is 0.308 e. The zero-order chi connectivity index (χ0) is 13.9. The molecule has 0 aliphatic carbocycles. The van der Waals surface area contributed by atoms with E-state index in [4.69, 9.17) is 0 Å².